The predicted molar refractivity (Wildman–Crippen MR) is 88.3 cm³/mol. The van der Waals surface area contributed by atoms with Gasteiger partial charge in [0.05, 0.1) is 10.6 Å². The Morgan fingerprint density at radius 2 is 2.00 bits per heavy atom. The third-order valence-electron chi connectivity index (χ3n) is 3.49. The summed E-state index contributed by atoms with van der Waals surface area (Å²) in [7, 11) is -1.58. The Morgan fingerprint density at radius 1 is 1.38 bits per heavy atom. The molecule has 0 radical (unpaired) electrons. The predicted octanol–water partition coefficient (Wildman–Crippen LogP) is 1.80. The van der Waals surface area contributed by atoms with Gasteiger partial charge in [0.25, 0.3) is 0 Å². The summed E-state index contributed by atoms with van der Waals surface area (Å²) in [6.07, 6.45) is 1.14. The number of sulfone groups is 1. The molecule has 0 saturated heterocycles. The molecule has 2 unspecified atom stereocenters. The number of hydrogen-bond donors (Lipinski definition) is 2. The van der Waals surface area contributed by atoms with E-state index in [4.69, 9.17) is 0 Å². The summed E-state index contributed by atoms with van der Waals surface area (Å²) in [4.78, 5) is 4.44. The van der Waals surface area contributed by atoms with E-state index in [0.29, 0.717) is 29.4 Å². The Hall–Kier alpha value is -1.08. The number of aliphatic imine (C=N–C) groups is 1. The number of hydrogen-bond acceptors (Lipinski definition) is 3. The van der Waals surface area contributed by atoms with Gasteiger partial charge in [0.15, 0.2) is 15.8 Å². The highest BCUT2D eigenvalue weighted by molar-refractivity contribution is 9.10. The van der Waals surface area contributed by atoms with Crippen molar-refractivity contribution < 1.29 is 8.42 Å². The van der Waals surface area contributed by atoms with Crippen molar-refractivity contribution >= 4 is 31.7 Å². The summed E-state index contributed by atoms with van der Waals surface area (Å²) in [6.45, 7) is 2.50. The summed E-state index contributed by atoms with van der Waals surface area (Å²) in [5.41, 5.74) is 0. The minimum atomic E-state index is -3.27. The van der Waals surface area contributed by atoms with Crippen molar-refractivity contribution in [3.05, 3.63) is 28.7 Å². The van der Waals surface area contributed by atoms with E-state index < -0.39 is 9.84 Å². The van der Waals surface area contributed by atoms with Crippen LogP contribution in [0.1, 0.15) is 13.3 Å². The zero-order chi connectivity index (χ0) is 15.5. The molecule has 0 aromatic heterocycles. The molecule has 5 nitrogen and oxygen atoms in total. The molecule has 2 atom stereocenters. The van der Waals surface area contributed by atoms with Crippen LogP contribution >= 0.6 is 15.9 Å². The summed E-state index contributed by atoms with van der Waals surface area (Å²) < 4.78 is 25.2. The van der Waals surface area contributed by atoms with Gasteiger partial charge >= 0.3 is 0 Å². The van der Waals surface area contributed by atoms with E-state index in [-0.39, 0.29) is 5.75 Å². The van der Waals surface area contributed by atoms with Crippen LogP contribution in [0.5, 0.6) is 0 Å². The molecule has 0 amide bonds. The zero-order valence-corrected chi connectivity index (χ0v) is 14.5. The number of nitrogens with zero attached hydrogens (tertiary/aromatic N) is 1. The van der Waals surface area contributed by atoms with Gasteiger partial charge in [0.2, 0.25) is 0 Å². The maximum Gasteiger partial charge on any atom is 0.191 e. The molecule has 2 rings (SSSR count). The molecule has 1 saturated carbocycles. The van der Waals surface area contributed by atoms with Crippen molar-refractivity contribution in [2.45, 2.75) is 24.3 Å². The van der Waals surface area contributed by atoms with Crippen molar-refractivity contribution in [3.8, 4) is 0 Å². The fraction of sp³-hybridized carbons (Fsp3) is 0.500. The molecule has 1 aromatic rings. The molecule has 7 heteroatoms. The Labute approximate surface area is 134 Å². The van der Waals surface area contributed by atoms with Crippen LogP contribution < -0.4 is 10.6 Å². The maximum absolute atomic E-state index is 12.2. The van der Waals surface area contributed by atoms with Crippen LogP contribution in [0.2, 0.25) is 0 Å². The Morgan fingerprint density at radius 3 is 2.52 bits per heavy atom. The van der Waals surface area contributed by atoms with Crippen LogP contribution in [0.25, 0.3) is 0 Å². The lowest BCUT2D eigenvalue weighted by atomic mass is 10.4. The van der Waals surface area contributed by atoms with E-state index in [1.54, 1.807) is 31.3 Å². The molecule has 0 heterocycles. The van der Waals surface area contributed by atoms with Gasteiger partial charge in [-0.15, -0.1) is 0 Å². The second-order valence-corrected chi connectivity index (χ2v) is 8.26. The molecule has 1 aliphatic rings. The highest BCUT2D eigenvalue weighted by atomic mass is 79.9. The highest BCUT2D eigenvalue weighted by Crippen LogP contribution is 2.28. The third-order valence-corrected chi connectivity index (χ3v) is 5.75. The van der Waals surface area contributed by atoms with Gasteiger partial charge in [0.1, 0.15) is 0 Å². The molecule has 0 aliphatic heterocycles. The number of halogens is 1. The number of guanidine groups is 1. The maximum atomic E-state index is 12.2. The molecular weight excluding hydrogens is 354 g/mol. The molecule has 0 spiro atoms. The van der Waals surface area contributed by atoms with E-state index >= 15 is 0 Å². The van der Waals surface area contributed by atoms with Crippen LogP contribution in [-0.2, 0) is 9.84 Å². The monoisotopic (exact) mass is 373 g/mol. The first-order chi connectivity index (χ1) is 9.92. The van der Waals surface area contributed by atoms with E-state index in [9.17, 15) is 8.42 Å². The first-order valence-electron chi connectivity index (χ1n) is 6.88. The van der Waals surface area contributed by atoms with Gasteiger partial charge < -0.3 is 10.6 Å². The Balaban J connectivity index is 1.85. The normalized spacial score (nSPS) is 22.0. The fourth-order valence-electron chi connectivity index (χ4n) is 1.96. The quantitative estimate of drug-likeness (QED) is 0.609. The van der Waals surface area contributed by atoms with E-state index in [1.807, 2.05) is 0 Å². The van der Waals surface area contributed by atoms with Crippen LogP contribution in [-0.4, -0.2) is 39.8 Å². The second-order valence-electron chi connectivity index (χ2n) is 5.24. The van der Waals surface area contributed by atoms with Crippen molar-refractivity contribution in [1.82, 2.24) is 10.6 Å². The molecule has 2 N–H and O–H groups in total. The molecule has 1 fully saturated rings. The van der Waals surface area contributed by atoms with E-state index in [2.05, 4.69) is 38.5 Å². The lowest BCUT2D eigenvalue weighted by Crippen LogP contribution is -2.41. The Bertz CT molecular complexity index is 614. The van der Waals surface area contributed by atoms with Gasteiger partial charge in [-0.25, -0.2) is 8.42 Å². The van der Waals surface area contributed by atoms with Crippen molar-refractivity contribution in [1.29, 1.82) is 0 Å². The summed E-state index contributed by atoms with van der Waals surface area (Å²) in [5.74, 6) is 1.36. The van der Waals surface area contributed by atoms with E-state index in [1.165, 1.54) is 0 Å². The summed E-state index contributed by atoms with van der Waals surface area (Å²) >= 11 is 3.30. The van der Waals surface area contributed by atoms with Gasteiger partial charge in [-0.05, 0) is 36.6 Å². The molecule has 21 heavy (non-hydrogen) atoms. The van der Waals surface area contributed by atoms with Gasteiger partial charge in [-0.1, -0.05) is 22.9 Å². The fourth-order valence-corrected chi connectivity index (χ4v) is 3.38. The van der Waals surface area contributed by atoms with Gasteiger partial charge in [0, 0.05) is 24.1 Å². The van der Waals surface area contributed by atoms with Crippen LogP contribution in [0.4, 0.5) is 0 Å². The number of benzene rings is 1. The average molecular weight is 374 g/mol. The molecule has 116 valence electrons. The first-order valence-corrected chi connectivity index (χ1v) is 9.32. The van der Waals surface area contributed by atoms with Crippen LogP contribution in [0.15, 0.2) is 38.6 Å². The number of nitrogens with one attached hydrogen (secondary N) is 2. The van der Waals surface area contributed by atoms with Crippen molar-refractivity contribution in [2.75, 3.05) is 19.3 Å². The van der Waals surface area contributed by atoms with Crippen LogP contribution in [0, 0.1) is 5.92 Å². The van der Waals surface area contributed by atoms with E-state index in [0.717, 1.165) is 10.9 Å². The average Bonchev–Trinajstić information content (AvgIpc) is 3.13. The number of rotatable bonds is 5. The molecule has 0 bridgehead atoms. The lowest BCUT2D eigenvalue weighted by Gasteiger charge is -2.11. The standard InChI is InChI=1S/C14H20BrN3O2S/c1-10-9-13(10)18-14(16-2)17-7-8-21(19,20)12-5-3-11(15)4-6-12/h3-6,10,13H,7-9H2,1-2H3,(H2,16,17,18). The Kier molecular flexibility index (Phi) is 5.27. The largest absolute Gasteiger partial charge is 0.355 e. The minimum absolute atomic E-state index is 0.0373. The lowest BCUT2D eigenvalue weighted by molar-refractivity contribution is 0.594. The third kappa shape index (κ3) is 4.71. The van der Waals surface area contributed by atoms with Crippen molar-refractivity contribution in [2.24, 2.45) is 10.9 Å². The zero-order valence-electron chi connectivity index (χ0n) is 12.1. The topological polar surface area (TPSA) is 70.6 Å². The first kappa shape index (κ1) is 16.3. The van der Waals surface area contributed by atoms with Crippen molar-refractivity contribution in [3.63, 3.8) is 0 Å². The van der Waals surface area contributed by atoms with Gasteiger partial charge in [-0.3, -0.25) is 4.99 Å². The minimum Gasteiger partial charge on any atom is -0.355 e. The summed E-state index contributed by atoms with van der Waals surface area (Å²) in [5, 5.41) is 6.31. The van der Waals surface area contributed by atoms with Gasteiger partial charge in [-0.2, -0.15) is 0 Å². The smallest absolute Gasteiger partial charge is 0.191 e. The molecule has 1 aliphatic carbocycles. The highest BCUT2D eigenvalue weighted by Gasteiger charge is 2.33. The second kappa shape index (κ2) is 6.79. The van der Waals surface area contributed by atoms with Crippen LogP contribution in [0.3, 0.4) is 0 Å². The SMILES string of the molecule is CN=C(NCCS(=O)(=O)c1ccc(Br)cc1)NC1CC1C. The molecular formula is C14H20BrN3O2S. The summed E-state index contributed by atoms with van der Waals surface area (Å²) in [6, 6.07) is 7.14. The molecule has 1 aromatic carbocycles.